The van der Waals surface area contributed by atoms with E-state index in [-0.39, 0.29) is 6.04 Å². The number of hydrogen-bond acceptors (Lipinski definition) is 4. The molecule has 6 nitrogen and oxygen atoms in total. The summed E-state index contributed by atoms with van der Waals surface area (Å²) in [7, 11) is 1.34. The lowest BCUT2D eigenvalue weighted by molar-refractivity contribution is 0.167. The molecule has 0 radical (unpaired) electrons. The molecular formula is C20H17FN4O2. The van der Waals surface area contributed by atoms with Gasteiger partial charge in [0.1, 0.15) is 0 Å². The second kappa shape index (κ2) is 6.72. The Morgan fingerprint density at radius 3 is 3.00 bits per heavy atom. The molecule has 1 aromatic carbocycles. The normalized spacial score (nSPS) is 15.4. The molecular weight excluding hydrogens is 347 g/mol. The van der Waals surface area contributed by atoms with Gasteiger partial charge in [0.2, 0.25) is 5.95 Å². The molecule has 2 heterocycles. The Balaban J connectivity index is 1.78. The smallest absolute Gasteiger partial charge is 0.407 e. The fourth-order valence-electron chi connectivity index (χ4n) is 3.77. The highest BCUT2D eigenvalue weighted by Gasteiger charge is 2.30. The Bertz CT molecular complexity index is 1080. The number of nitrogens with zero attached hydrogens (tertiary/aromatic N) is 3. The van der Waals surface area contributed by atoms with Crippen LogP contribution in [0.5, 0.6) is 0 Å². The number of aromatic nitrogens is 2. The maximum Gasteiger partial charge on any atom is 0.407 e. The van der Waals surface area contributed by atoms with Gasteiger partial charge in [-0.25, -0.2) is 9.78 Å². The van der Waals surface area contributed by atoms with Crippen molar-refractivity contribution in [3.63, 3.8) is 0 Å². The maximum atomic E-state index is 13.5. The molecule has 136 valence electrons. The summed E-state index contributed by atoms with van der Waals surface area (Å²) in [6.45, 7) is 0.417. The largest absolute Gasteiger partial charge is 0.453 e. The van der Waals surface area contributed by atoms with Crippen molar-refractivity contribution >= 4 is 17.0 Å². The van der Waals surface area contributed by atoms with E-state index >= 15 is 0 Å². The number of nitriles is 1. The van der Waals surface area contributed by atoms with Crippen LogP contribution in [-0.2, 0) is 24.1 Å². The van der Waals surface area contributed by atoms with E-state index in [4.69, 9.17) is 4.74 Å². The molecule has 0 spiro atoms. The van der Waals surface area contributed by atoms with E-state index in [0.717, 1.165) is 22.2 Å². The molecule has 7 heteroatoms. The highest BCUT2D eigenvalue weighted by molar-refractivity contribution is 5.88. The zero-order valence-electron chi connectivity index (χ0n) is 14.7. The molecule has 3 aromatic rings. The van der Waals surface area contributed by atoms with Crippen molar-refractivity contribution < 1.29 is 13.9 Å². The van der Waals surface area contributed by atoms with Crippen LogP contribution in [0.15, 0.2) is 36.4 Å². The third-order valence-electron chi connectivity index (χ3n) is 4.91. The molecule has 1 aliphatic carbocycles. The number of carbonyl (C=O) groups is 1. The second-order valence-electron chi connectivity index (χ2n) is 6.55. The highest BCUT2D eigenvalue weighted by atomic mass is 19.1. The van der Waals surface area contributed by atoms with Gasteiger partial charge in [-0.2, -0.15) is 9.65 Å². The Kier molecular flexibility index (Phi) is 4.24. The van der Waals surface area contributed by atoms with Gasteiger partial charge in [-0.05, 0) is 42.3 Å². The first-order valence-corrected chi connectivity index (χ1v) is 8.59. The number of benzene rings is 1. The molecule has 1 amide bonds. The molecule has 1 unspecified atom stereocenters. The molecule has 0 saturated heterocycles. The summed E-state index contributed by atoms with van der Waals surface area (Å²) in [5.41, 5.74) is 4.33. The summed E-state index contributed by atoms with van der Waals surface area (Å²) >= 11 is 0. The fourth-order valence-corrected chi connectivity index (χ4v) is 3.77. The Morgan fingerprint density at radius 2 is 2.26 bits per heavy atom. The van der Waals surface area contributed by atoms with Crippen LogP contribution in [0.1, 0.15) is 22.5 Å². The van der Waals surface area contributed by atoms with Crippen molar-refractivity contribution in [1.29, 1.82) is 5.26 Å². The van der Waals surface area contributed by atoms with Crippen LogP contribution >= 0.6 is 0 Å². The molecule has 0 saturated carbocycles. The number of nitrogens with one attached hydrogen (secondary N) is 1. The number of methoxy groups -OCH3 is 1. The monoisotopic (exact) mass is 364 g/mol. The van der Waals surface area contributed by atoms with Gasteiger partial charge in [-0.3, -0.25) is 0 Å². The molecule has 2 aromatic heterocycles. The number of fused-ring (bicyclic) bond motifs is 3. The predicted octanol–water partition coefficient (Wildman–Crippen LogP) is 2.92. The van der Waals surface area contributed by atoms with Crippen molar-refractivity contribution in [1.82, 2.24) is 14.9 Å². The fraction of sp³-hybridized carbons (Fsp3) is 0.250. The molecule has 27 heavy (non-hydrogen) atoms. The number of hydrogen-bond donors (Lipinski definition) is 1. The lowest BCUT2D eigenvalue weighted by Crippen LogP contribution is -2.35. The highest BCUT2D eigenvalue weighted by Crippen LogP contribution is 2.34. The van der Waals surface area contributed by atoms with Gasteiger partial charge in [-0.15, -0.1) is 0 Å². The van der Waals surface area contributed by atoms with Gasteiger partial charge in [0.05, 0.1) is 31.0 Å². The van der Waals surface area contributed by atoms with Crippen molar-refractivity contribution in [2.24, 2.45) is 0 Å². The first-order chi connectivity index (χ1) is 13.1. The summed E-state index contributed by atoms with van der Waals surface area (Å²) < 4.78 is 20.3. The van der Waals surface area contributed by atoms with E-state index in [9.17, 15) is 14.4 Å². The van der Waals surface area contributed by atoms with Gasteiger partial charge >= 0.3 is 6.09 Å². The van der Waals surface area contributed by atoms with E-state index in [0.29, 0.717) is 30.6 Å². The van der Waals surface area contributed by atoms with E-state index in [1.165, 1.54) is 13.2 Å². The molecule has 1 atom stereocenters. The topological polar surface area (TPSA) is 79.9 Å². The number of ether oxygens (including phenoxy) is 1. The summed E-state index contributed by atoms with van der Waals surface area (Å²) in [5, 5.41) is 13.1. The summed E-state index contributed by atoms with van der Waals surface area (Å²) in [6.07, 6.45) is 0.820. The minimum atomic E-state index is -0.516. The summed E-state index contributed by atoms with van der Waals surface area (Å²) in [4.78, 5) is 15.5. The molecule has 4 rings (SSSR count). The van der Waals surface area contributed by atoms with E-state index in [1.807, 2.05) is 12.1 Å². The van der Waals surface area contributed by atoms with Crippen molar-refractivity contribution in [2.75, 3.05) is 7.11 Å². The third kappa shape index (κ3) is 3.10. The molecule has 0 fully saturated rings. The van der Waals surface area contributed by atoms with Gasteiger partial charge in [0.15, 0.2) is 0 Å². The van der Waals surface area contributed by atoms with Crippen LogP contribution in [-0.4, -0.2) is 28.8 Å². The number of alkyl carbamates (subject to hydrolysis) is 1. The molecule has 1 aliphatic rings. The van der Waals surface area contributed by atoms with Crippen molar-refractivity contribution in [2.45, 2.75) is 25.4 Å². The minimum Gasteiger partial charge on any atom is -0.453 e. The van der Waals surface area contributed by atoms with Crippen LogP contribution in [0.4, 0.5) is 9.18 Å². The minimum absolute atomic E-state index is 0.0793. The molecule has 0 aliphatic heterocycles. The number of amides is 1. The number of halogens is 1. The maximum absolute atomic E-state index is 13.5. The van der Waals surface area contributed by atoms with Crippen LogP contribution in [0.2, 0.25) is 0 Å². The lowest BCUT2D eigenvalue weighted by Gasteiger charge is -2.14. The second-order valence-corrected chi connectivity index (χ2v) is 6.55. The van der Waals surface area contributed by atoms with Crippen molar-refractivity contribution in [3.8, 4) is 6.07 Å². The number of carbonyl (C=O) groups excluding carboxylic acids is 1. The number of rotatable bonds is 3. The van der Waals surface area contributed by atoms with Crippen LogP contribution in [0.25, 0.3) is 10.9 Å². The average molecular weight is 364 g/mol. The zero-order chi connectivity index (χ0) is 19.0. The first kappa shape index (κ1) is 17.0. The van der Waals surface area contributed by atoms with Gasteiger partial charge < -0.3 is 14.6 Å². The van der Waals surface area contributed by atoms with E-state index < -0.39 is 12.0 Å². The summed E-state index contributed by atoms with van der Waals surface area (Å²) in [5.74, 6) is -0.516. The van der Waals surface area contributed by atoms with Crippen LogP contribution in [0, 0.1) is 17.3 Å². The lowest BCUT2D eigenvalue weighted by atomic mass is 10.1. The van der Waals surface area contributed by atoms with Crippen LogP contribution in [0.3, 0.4) is 0 Å². The number of pyridine rings is 1. The van der Waals surface area contributed by atoms with Gasteiger partial charge in [-0.1, -0.05) is 6.07 Å². The zero-order valence-corrected chi connectivity index (χ0v) is 14.7. The van der Waals surface area contributed by atoms with Crippen molar-refractivity contribution in [3.05, 3.63) is 64.9 Å². The Labute approximate surface area is 155 Å². The SMILES string of the molecule is COC(=O)NC1Cc2c(n(Cc3cccc(F)n3)c3ccc(C#N)cc23)C1. The van der Waals surface area contributed by atoms with Gasteiger partial charge in [0.25, 0.3) is 0 Å². The molecule has 1 N–H and O–H groups in total. The predicted molar refractivity (Wildman–Crippen MR) is 96.7 cm³/mol. The first-order valence-electron chi connectivity index (χ1n) is 8.59. The Morgan fingerprint density at radius 1 is 1.41 bits per heavy atom. The average Bonchev–Trinajstić information content (AvgIpc) is 3.19. The van der Waals surface area contributed by atoms with E-state index in [1.54, 1.807) is 18.2 Å². The Hall–Kier alpha value is -3.40. The van der Waals surface area contributed by atoms with E-state index in [2.05, 4.69) is 20.9 Å². The quantitative estimate of drug-likeness (QED) is 0.725. The standard InChI is InChI=1S/C20H17FN4O2/c1-27-20(26)24-14-8-16-15-7-12(10-22)5-6-17(15)25(18(16)9-14)11-13-3-2-4-19(21)23-13/h2-7,14H,8-9,11H2,1H3,(H,24,26). The summed E-state index contributed by atoms with van der Waals surface area (Å²) in [6, 6.07) is 12.4. The van der Waals surface area contributed by atoms with Gasteiger partial charge in [0, 0.05) is 29.1 Å². The third-order valence-corrected chi connectivity index (χ3v) is 4.91. The molecule has 0 bridgehead atoms. The van der Waals surface area contributed by atoms with Crippen LogP contribution < -0.4 is 5.32 Å².